The number of carbonyl (C=O) groups is 1. The second kappa shape index (κ2) is 8.75. The van der Waals surface area contributed by atoms with Crippen LogP contribution in [-0.2, 0) is 30.2 Å². The largest absolute Gasteiger partial charge is 0.368 e. The van der Waals surface area contributed by atoms with Gasteiger partial charge in [-0.05, 0) is 25.3 Å². The average Bonchev–Trinajstić information content (AvgIpc) is 3.50. The predicted molar refractivity (Wildman–Crippen MR) is 128 cm³/mol. The molecule has 1 amide bonds. The van der Waals surface area contributed by atoms with Crippen molar-refractivity contribution in [3.63, 3.8) is 0 Å². The number of nitrogens with zero attached hydrogens (tertiary/aromatic N) is 6. The molecule has 0 bridgehead atoms. The Balaban J connectivity index is 1.52. The Hall–Kier alpha value is -3.40. The van der Waals surface area contributed by atoms with Gasteiger partial charge in [-0.2, -0.15) is 4.98 Å². The number of hydrogen-bond donors (Lipinski definition) is 0. The van der Waals surface area contributed by atoms with Crippen LogP contribution >= 0.6 is 0 Å². The summed E-state index contributed by atoms with van der Waals surface area (Å²) < 4.78 is 10.0. The van der Waals surface area contributed by atoms with Gasteiger partial charge in [0.1, 0.15) is 6.10 Å². The zero-order valence-electron chi connectivity index (χ0n) is 19.9. The number of aromatic nitrogens is 4. The first-order valence-corrected chi connectivity index (χ1v) is 11.7. The number of aryl methyl sites for hydroxylation is 2. The van der Waals surface area contributed by atoms with E-state index in [9.17, 15) is 14.4 Å². The molecule has 0 spiro atoms. The Bertz CT molecular complexity index is 1360. The maximum Gasteiger partial charge on any atom is 0.332 e. The molecule has 0 radical (unpaired) electrons. The lowest BCUT2D eigenvalue weighted by molar-refractivity contribution is -0.141. The van der Waals surface area contributed by atoms with E-state index in [1.54, 1.807) is 7.05 Å². The maximum atomic E-state index is 13.2. The first-order chi connectivity index (χ1) is 16.3. The van der Waals surface area contributed by atoms with Gasteiger partial charge in [0.05, 0.1) is 6.54 Å². The molecule has 2 aliphatic heterocycles. The molecule has 1 unspecified atom stereocenters. The number of benzene rings is 1. The summed E-state index contributed by atoms with van der Waals surface area (Å²) in [6.45, 7) is 5.42. The molecule has 10 heteroatoms. The van der Waals surface area contributed by atoms with Crippen LogP contribution in [0.3, 0.4) is 0 Å². The van der Waals surface area contributed by atoms with Gasteiger partial charge >= 0.3 is 5.69 Å². The van der Waals surface area contributed by atoms with Crippen molar-refractivity contribution in [3.05, 3.63) is 56.2 Å². The third kappa shape index (κ3) is 3.81. The highest BCUT2D eigenvalue weighted by molar-refractivity contribution is 5.81. The van der Waals surface area contributed by atoms with E-state index < -0.39 is 5.69 Å². The summed E-state index contributed by atoms with van der Waals surface area (Å²) in [6, 6.07) is 8.13. The number of anilines is 1. The quantitative estimate of drug-likeness (QED) is 0.560. The van der Waals surface area contributed by atoms with Crippen molar-refractivity contribution in [3.8, 4) is 0 Å². The molecule has 0 aliphatic carbocycles. The topological polar surface area (TPSA) is 94.6 Å². The van der Waals surface area contributed by atoms with Crippen molar-refractivity contribution in [2.24, 2.45) is 14.1 Å². The summed E-state index contributed by atoms with van der Waals surface area (Å²) in [4.78, 5) is 47.2. The number of piperazine rings is 1. The SMILES string of the molecule is Cc1cccc(Cn2c(N3CCN(C(=O)C4CCCO4)CC3)nc3c2c(=O)n(C)c(=O)n3C)c1. The molecule has 0 saturated carbocycles. The number of amides is 1. The lowest BCUT2D eigenvalue weighted by Crippen LogP contribution is -2.52. The van der Waals surface area contributed by atoms with E-state index in [1.807, 2.05) is 34.6 Å². The van der Waals surface area contributed by atoms with Crippen LogP contribution in [0, 0.1) is 6.92 Å². The highest BCUT2D eigenvalue weighted by atomic mass is 16.5. The van der Waals surface area contributed by atoms with Gasteiger partial charge < -0.3 is 14.5 Å². The fourth-order valence-corrected chi connectivity index (χ4v) is 4.92. The first-order valence-electron chi connectivity index (χ1n) is 11.7. The molecule has 2 aromatic heterocycles. The molecule has 0 N–H and O–H groups in total. The van der Waals surface area contributed by atoms with Crippen LogP contribution in [0.4, 0.5) is 5.95 Å². The van der Waals surface area contributed by atoms with E-state index in [0.717, 1.165) is 28.5 Å². The van der Waals surface area contributed by atoms with Gasteiger partial charge in [-0.3, -0.25) is 23.3 Å². The smallest absolute Gasteiger partial charge is 0.332 e. The molecule has 2 aliphatic rings. The molecule has 1 aromatic carbocycles. The summed E-state index contributed by atoms with van der Waals surface area (Å²) in [6.07, 6.45) is 1.38. The molecular weight excluding hydrogens is 436 g/mol. The zero-order valence-corrected chi connectivity index (χ0v) is 19.9. The molecule has 3 aromatic rings. The first kappa shape index (κ1) is 22.4. The number of hydrogen-bond acceptors (Lipinski definition) is 6. The number of fused-ring (bicyclic) bond motifs is 1. The lowest BCUT2D eigenvalue weighted by atomic mass is 10.1. The molecule has 4 heterocycles. The molecule has 34 heavy (non-hydrogen) atoms. The second-order valence-electron chi connectivity index (χ2n) is 9.18. The Labute approximate surface area is 197 Å². The van der Waals surface area contributed by atoms with E-state index in [1.165, 1.54) is 11.6 Å². The number of rotatable bonds is 4. The van der Waals surface area contributed by atoms with Crippen LogP contribution < -0.4 is 16.1 Å². The van der Waals surface area contributed by atoms with Crippen LogP contribution in [0.1, 0.15) is 24.0 Å². The van der Waals surface area contributed by atoms with Gasteiger partial charge in [0.2, 0.25) is 5.95 Å². The van der Waals surface area contributed by atoms with E-state index in [-0.39, 0.29) is 17.6 Å². The fraction of sp³-hybridized carbons (Fsp3) is 0.500. The highest BCUT2D eigenvalue weighted by Crippen LogP contribution is 2.24. The lowest BCUT2D eigenvalue weighted by Gasteiger charge is -2.36. The molecule has 180 valence electrons. The van der Waals surface area contributed by atoms with E-state index in [0.29, 0.717) is 56.4 Å². The summed E-state index contributed by atoms with van der Waals surface area (Å²) in [5.41, 5.74) is 2.18. The molecule has 1 atom stereocenters. The van der Waals surface area contributed by atoms with Gasteiger partial charge in [0, 0.05) is 46.9 Å². The number of imidazole rings is 1. The normalized spacial score (nSPS) is 18.7. The summed E-state index contributed by atoms with van der Waals surface area (Å²) >= 11 is 0. The average molecular weight is 467 g/mol. The molecule has 10 nitrogen and oxygen atoms in total. The molecule has 2 saturated heterocycles. The minimum atomic E-state index is -0.406. The Morgan fingerprint density at radius 3 is 2.56 bits per heavy atom. The molecule has 5 rings (SSSR count). The Kier molecular flexibility index (Phi) is 5.76. The van der Waals surface area contributed by atoms with E-state index in [2.05, 4.69) is 11.0 Å². The van der Waals surface area contributed by atoms with Crippen LogP contribution in [0.15, 0.2) is 33.9 Å². The third-order valence-electron chi connectivity index (χ3n) is 6.83. The standard InChI is InChI=1S/C24H30N6O4/c1-16-6-4-7-17(14-16)15-30-19-20(26(2)24(33)27(3)22(19)32)25-23(30)29-11-9-28(10-12-29)21(31)18-8-5-13-34-18/h4,6-7,14,18H,5,8-13,15H2,1-3H3. The summed E-state index contributed by atoms with van der Waals surface area (Å²) in [7, 11) is 3.12. The van der Waals surface area contributed by atoms with Crippen molar-refractivity contribution >= 4 is 23.0 Å². The van der Waals surface area contributed by atoms with Gasteiger partial charge in [-0.1, -0.05) is 29.8 Å². The van der Waals surface area contributed by atoms with Crippen molar-refractivity contribution in [2.75, 3.05) is 37.7 Å². The predicted octanol–water partition coefficient (Wildman–Crippen LogP) is 0.618. The van der Waals surface area contributed by atoms with Gasteiger partial charge in [-0.25, -0.2) is 4.79 Å². The highest BCUT2D eigenvalue weighted by Gasteiger charge is 2.32. The Morgan fingerprint density at radius 2 is 1.88 bits per heavy atom. The van der Waals surface area contributed by atoms with Crippen molar-refractivity contribution in [1.29, 1.82) is 0 Å². The Morgan fingerprint density at radius 1 is 1.12 bits per heavy atom. The van der Waals surface area contributed by atoms with Crippen LogP contribution in [0.2, 0.25) is 0 Å². The fourth-order valence-electron chi connectivity index (χ4n) is 4.92. The zero-order chi connectivity index (χ0) is 24.0. The van der Waals surface area contributed by atoms with Crippen molar-refractivity contribution < 1.29 is 9.53 Å². The molecule has 2 fully saturated rings. The summed E-state index contributed by atoms with van der Waals surface area (Å²) in [5, 5.41) is 0. The van der Waals surface area contributed by atoms with Crippen LogP contribution in [0.25, 0.3) is 11.2 Å². The summed E-state index contributed by atoms with van der Waals surface area (Å²) in [5.74, 6) is 0.695. The molecular formula is C24H30N6O4. The second-order valence-corrected chi connectivity index (χ2v) is 9.18. The van der Waals surface area contributed by atoms with Crippen LogP contribution in [-0.4, -0.2) is 68.4 Å². The van der Waals surface area contributed by atoms with E-state index >= 15 is 0 Å². The monoisotopic (exact) mass is 466 g/mol. The minimum absolute atomic E-state index is 0.0571. The number of carbonyl (C=O) groups excluding carboxylic acids is 1. The maximum absolute atomic E-state index is 13.2. The number of ether oxygens (including phenoxy) is 1. The van der Waals surface area contributed by atoms with Gasteiger partial charge in [-0.15, -0.1) is 0 Å². The van der Waals surface area contributed by atoms with Crippen LogP contribution in [0.5, 0.6) is 0 Å². The minimum Gasteiger partial charge on any atom is -0.368 e. The van der Waals surface area contributed by atoms with Gasteiger partial charge in [0.25, 0.3) is 11.5 Å². The van der Waals surface area contributed by atoms with Crippen molar-refractivity contribution in [2.45, 2.75) is 32.4 Å². The third-order valence-corrected chi connectivity index (χ3v) is 6.83. The van der Waals surface area contributed by atoms with Crippen molar-refractivity contribution in [1.82, 2.24) is 23.6 Å². The van der Waals surface area contributed by atoms with Gasteiger partial charge in [0.15, 0.2) is 11.2 Å². The van der Waals surface area contributed by atoms with E-state index in [4.69, 9.17) is 9.72 Å².